The van der Waals surface area contributed by atoms with E-state index in [4.69, 9.17) is 0 Å². The molecule has 2 aromatic heterocycles. The Morgan fingerprint density at radius 3 is 2.83 bits per heavy atom. The number of nitrogens with zero attached hydrogens (tertiary/aromatic N) is 3. The molecule has 7 nitrogen and oxygen atoms in total. The first kappa shape index (κ1) is 18.5. The van der Waals surface area contributed by atoms with E-state index in [2.05, 4.69) is 15.3 Å². The van der Waals surface area contributed by atoms with Crippen molar-refractivity contribution in [1.82, 2.24) is 19.9 Å². The van der Waals surface area contributed by atoms with E-state index in [1.807, 2.05) is 19.9 Å². The van der Waals surface area contributed by atoms with Gasteiger partial charge in [-0.25, -0.2) is 9.97 Å². The Kier molecular flexibility index (Phi) is 5.69. The molecule has 0 unspecified atom stereocenters. The van der Waals surface area contributed by atoms with Crippen LogP contribution in [0.15, 0.2) is 17.2 Å². The molecular weight excluding hydrogens is 308 g/mol. The Morgan fingerprint density at radius 1 is 1.42 bits per heavy atom. The maximum Gasteiger partial charge on any atom is 0.279 e. The molecule has 0 aromatic carbocycles. The van der Waals surface area contributed by atoms with Crippen molar-refractivity contribution in [1.29, 1.82) is 0 Å². The molecule has 3 atom stereocenters. The van der Waals surface area contributed by atoms with Gasteiger partial charge in [-0.3, -0.25) is 9.36 Å². The quantitative estimate of drug-likeness (QED) is 0.754. The van der Waals surface area contributed by atoms with E-state index in [9.17, 15) is 15.0 Å². The Labute approximate surface area is 141 Å². The average Bonchev–Trinajstić information content (AvgIpc) is 2.88. The summed E-state index contributed by atoms with van der Waals surface area (Å²) in [4.78, 5) is 21.2. The first-order valence-corrected chi connectivity index (χ1v) is 7.88. The number of hydrogen-bond acceptors (Lipinski definition) is 6. The number of nitrogens with one attached hydrogen (secondary N) is 1. The average molecular weight is 334 g/mol. The maximum absolute atomic E-state index is 12.6. The predicted octanol–water partition coefficient (Wildman–Crippen LogP) is 0.518. The van der Waals surface area contributed by atoms with Crippen molar-refractivity contribution in [2.45, 2.75) is 58.9 Å². The van der Waals surface area contributed by atoms with E-state index in [0.29, 0.717) is 23.9 Å². The van der Waals surface area contributed by atoms with Gasteiger partial charge in [0.1, 0.15) is 0 Å². The fourth-order valence-corrected chi connectivity index (χ4v) is 3.18. The second kappa shape index (κ2) is 7.38. The Balaban J connectivity index is 0.00000208. The zero-order valence-electron chi connectivity index (χ0n) is 13.4. The molecule has 24 heavy (non-hydrogen) atoms. The van der Waals surface area contributed by atoms with Gasteiger partial charge in [0.15, 0.2) is 5.52 Å². The van der Waals surface area contributed by atoms with Crippen molar-refractivity contribution in [2.24, 2.45) is 0 Å². The van der Waals surface area contributed by atoms with Gasteiger partial charge < -0.3 is 15.5 Å². The molecule has 1 aliphatic heterocycles. The fraction of sp³-hybridized carbons (Fsp3) is 0.588. The molecule has 132 valence electrons. The lowest BCUT2D eigenvalue weighted by Crippen LogP contribution is -2.37. The number of aliphatic hydroxyl groups is 2. The van der Waals surface area contributed by atoms with Crippen LogP contribution < -0.4 is 10.9 Å². The molecule has 1 saturated heterocycles. The number of rotatable bonds is 4. The summed E-state index contributed by atoms with van der Waals surface area (Å²) in [5, 5.41) is 23.2. The summed E-state index contributed by atoms with van der Waals surface area (Å²) in [5.74, 6) is 0. The molecular formula is C17H26N4O3. The van der Waals surface area contributed by atoms with Crippen molar-refractivity contribution in [3.05, 3.63) is 34.0 Å². The molecule has 3 rings (SSSR count). The third-order valence-corrected chi connectivity index (χ3v) is 4.35. The van der Waals surface area contributed by atoms with Gasteiger partial charge in [0, 0.05) is 11.7 Å². The summed E-state index contributed by atoms with van der Waals surface area (Å²) in [6, 6.07) is 1.76. The van der Waals surface area contributed by atoms with E-state index in [-0.39, 0.29) is 25.6 Å². The van der Waals surface area contributed by atoms with Gasteiger partial charge in [-0.1, -0.05) is 7.43 Å². The van der Waals surface area contributed by atoms with Gasteiger partial charge in [-0.15, -0.1) is 0 Å². The molecule has 1 fully saturated rings. The van der Waals surface area contributed by atoms with Crippen LogP contribution in [0.2, 0.25) is 0 Å². The van der Waals surface area contributed by atoms with E-state index >= 15 is 0 Å². The molecule has 0 radical (unpaired) electrons. The monoisotopic (exact) mass is 334 g/mol. The Morgan fingerprint density at radius 2 is 2.17 bits per heavy atom. The van der Waals surface area contributed by atoms with Crippen molar-refractivity contribution < 1.29 is 10.2 Å². The minimum atomic E-state index is -0.733. The van der Waals surface area contributed by atoms with Gasteiger partial charge >= 0.3 is 0 Å². The number of fused-ring (bicyclic) bond motifs is 1. The topological polar surface area (TPSA) is 100 Å². The largest absolute Gasteiger partial charge is 0.391 e. The number of aryl methyl sites for hydroxylation is 2. The fourth-order valence-electron chi connectivity index (χ4n) is 3.18. The molecule has 0 amide bonds. The molecule has 0 saturated carbocycles. The molecule has 1 aliphatic rings. The van der Waals surface area contributed by atoms with Crippen LogP contribution in [0, 0.1) is 13.8 Å². The highest BCUT2D eigenvalue weighted by atomic mass is 16.3. The molecule has 0 bridgehead atoms. The minimum absolute atomic E-state index is 0. The molecule has 3 N–H and O–H groups in total. The lowest BCUT2D eigenvalue weighted by molar-refractivity contribution is 0.0926. The van der Waals surface area contributed by atoms with Crippen LogP contribution >= 0.6 is 0 Å². The third-order valence-electron chi connectivity index (χ3n) is 4.35. The summed E-state index contributed by atoms with van der Waals surface area (Å²) in [7, 11) is 0. The summed E-state index contributed by atoms with van der Waals surface area (Å²) < 4.78 is 1.39. The maximum atomic E-state index is 12.6. The van der Waals surface area contributed by atoms with Crippen LogP contribution in [0.4, 0.5) is 0 Å². The van der Waals surface area contributed by atoms with Crippen molar-refractivity contribution in [3.63, 3.8) is 0 Å². The van der Waals surface area contributed by atoms with E-state index in [0.717, 1.165) is 17.8 Å². The summed E-state index contributed by atoms with van der Waals surface area (Å²) in [6.45, 7) is 4.63. The second-order valence-corrected chi connectivity index (χ2v) is 6.29. The van der Waals surface area contributed by atoms with Crippen molar-refractivity contribution >= 4 is 11.0 Å². The Bertz CT molecular complexity index is 774. The molecule has 0 aliphatic carbocycles. The van der Waals surface area contributed by atoms with E-state index < -0.39 is 12.2 Å². The Hall–Kier alpha value is -1.83. The lowest BCUT2D eigenvalue weighted by atomic mass is 10.1. The van der Waals surface area contributed by atoms with Crippen molar-refractivity contribution in [2.75, 3.05) is 6.54 Å². The van der Waals surface area contributed by atoms with Gasteiger partial charge in [0.2, 0.25) is 0 Å². The van der Waals surface area contributed by atoms with E-state index in [1.165, 1.54) is 10.9 Å². The van der Waals surface area contributed by atoms with Gasteiger partial charge in [-0.2, -0.15) is 0 Å². The highest BCUT2D eigenvalue weighted by Crippen LogP contribution is 2.14. The summed E-state index contributed by atoms with van der Waals surface area (Å²) in [5.41, 5.74) is 2.36. The summed E-state index contributed by atoms with van der Waals surface area (Å²) in [6.07, 6.45) is 1.37. The highest BCUT2D eigenvalue weighted by molar-refractivity contribution is 5.76. The van der Waals surface area contributed by atoms with Gasteiger partial charge in [-0.05, 0) is 44.9 Å². The highest BCUT2D eigenvalue weighted by Gasteiger charge is 2.27. The van der Waals surface area contributed by atoms with Crippen LogP contribution in [0.3, 0.4) is 0 Å². The molecule has 0 spiro atoms. The first-order chi connectivity index (χ1) is 11.0. The third kappa shape index (κ3) is 3.63. The minimum Gasteiger partial charge on any atom is -0.391 e. The van der Waals surface area contributed by atoms with E-state index in [1.54, 1.807) is 0 Å². The van der Waals surface area contributed by atoms with Gasteiger partial charge in [0.25, 0.3) is 5.56 Å². The van der Waals surface area contributed by atoms with Gasteiger partial charge in [0.05, 0.1) is 30.6 Å². The van der Waals surface area contributed by atoms with Crippen LogP contribution in [0.25, 0.3) is 11.0 Å². The number of pyridine rings is 1. The van der Waals surface area contributed by atoms with Crippen molar-refractivity contribution in [3.8, 4) is 0 Å². The standard InChI is InChI=1S/C16H22N4O3.CH4/c1-9-5-10(2)19-15-14(9)18-8-20(16(15)23)7-11(21)6-12-13(22)3-4-17-12;/h5,8,11-13,17,21-22H,3-4,6-7H2,1-2H3;1H4/t11-,12+,13-;/m0./s1. The van der Waals surface area contributed by atoms with Crippen LogP contribution in [0.1, 0.15) is 31.5 Å². The number of aromatic nitrogens is 3. The van der Waals surface area contributed by atoms with Crippen LogP contribution in [-0.2, 0) is 6.54 Å². The molecule has 3 heterocycles. The molecule has 7 heteroatoms. The SMILES string of the molecule is C.Cc1cc(C)c2ncn(C[C@@H](O)C[C@H]3NCC[C@@H]3O)c(=O)c2n1. The van der Waals surface area contributed by atoms with Crippen LogP contribution in [0.5, 0.6) is 0 Å². The first-order valence-electron chi connectivity index (χ1n) is 7.88. The normalized spacial score (nSPS) is 21.7. The lowest BCUT2D eigenvalue weighted by Gasteiger charge is -2.19. The zero-order chi connectivity index (χ0) is 16.6. The number of aliphatic hydroxyl groups excluding tert-OH is 2. The number of hydrogen-bond donors (Lipinski definition) is 3. The predicted molar refractivity (Wildman–Crippen MR) is 93.0 cm³/mol. The second-order valence-electron chi connectivity index (χ2n) is 6.29. The van der Waals surface area contributed by atoms with Crippen LogP contribution in [-0.4, -0.2) is 49.5 Å². The molecule has 2 aromatic rings. The summed E-state index contributed by atoms with van der Waals surface area (Å²) >= 11 is 0. The smallest absolute Gasteiger partial charge is 0.279 e. The zero-order valence-corrected chi connectivity index (χ0v) is 13.4.